The topological polar surface area (TPSA) is 53.5 Å². The Kier molecular flexibility index (Phi) is 3.63. The Hall–Kier alpha value is -2.17. The molecule has 0 bridgehead atoms. The number of rotatable bonds is 3. The van der Waals surface area contributed by atoms with Crippen LogP contribution < -0.4 is 0 Å². The molecule has 2 saturated heterocycles. The molecule has 3 aliphatic rings. The van der Waals surface area contributed by atoms with Gasteiger partial charge in [-0.15, -0.1) is 0 Å². The van der Waals surface area contributed by atoms with Crippen molar-refractivity contribution in [3.63, 3.8) is 0 Å². The summed E-state index contributed by atoms with van der Waals surface area (Å²) in [5, 5.41) is 0. The van der Waals surface area contributed by atoms with Crippen molar-refractivity contribution in [1.29, 1.82) is 0 Å². The van der Waals surface area contributed by atoms with Crippen molar-refractivity contribution >= 4 is 11.8 Å². The van der Waals surface area contributed by atoms with Crippen LogP contribution in [-0.2, 0) is 16.1 Å². The summed E-state index contributed by atoms with van der Waals surface area (Å²) in [4.78, 5) is 33.0. The molecule has 2 fully saturated rings. The maximum absolute atomic E-state index is 12.6. The monoisotopic (exact) mass is 311 g/mol. The van der Waals surface area contributed by atoms with E-state index in [0.717, 1.165) is 31.5 Å². The van der Waals surface area contributed by atoms with Gasteiger partial charge in [0.2, 0.25) is 11.8 Å². The molecular weight excluding hydrogens is 290 g/mol. The molecule has 120 valence electrons. The highest BCUT2D eigenvalue weighted by atomic mass is 16.2. The maximum atomic E-state index is 12.6. The molecule has 0 N–H and O–H groups in total. The summed E-state index contributed by atoms with van der Waals surface area (Å²) in [6.45, 7) is 2.75. The molecule has 5 heteroatoms. The Labute approximate surface area is 136 Å². The molecule has 23 heavy (non-hydrogen) atoms. The van der Waals surface area contributed by atoms with Crippen LogP contribution in [0.4, 0.5) is 0 Å². The van der Waals surface area contributed by atoms with E-state index in [9.17, 15) is 9.59 Å². The molecule has 0 radical (unpaired) electrons. The molecule has 0 unspecified atom stereocenters. The second kappa shape index (κ2) is 5.80. The Balaban J connectivity index is 1.38. The van der Waals surface area contributed by atoms with Crippen LogP contribution in [-0.4, -0.2) is 46.2 Å². The van der Waals surface area contributed by atoms with Crippen molar-refractivity contribution in [3.05, 3.63) is 42.2 Å². The zero-order chi connectivity index (χ0) is 15.8. The summed E-state index contributed by atoms with van der Waals surface area (Å²) >= 11 is 0. The van der Waals surface area contributed by atoms with E-state index >= 15 is 0 Å². The first-order valence-electron chi connectivity index (χ1n) is 8.34. The van der Waals surface area contributed by atoms with E-state index in [1.165, 1.54) is 0 Å². The highest BCUT2D eigenvalue weighted by Gasteiger charge is 2.47. The number of likely N-dealkylation sites (tertiary alicyclic amines) is 2. The lowest BCUT2D eigenvalue weighted by Crippen LogP contribution is -2.37. The average molecular weight is 311 g/mol. The van der Waals surface area contributed by atoms with Crippen molar-refractivity contribution in [2.24, 2.45) is 17.8 Å². The van der Waals surface area contributed by atoms with Gasteiger partial charge in [-0.25, -0.2) is 0 Å². The summed E-state index contributed by atoms with van der Waals surface area (Å²) in [6, 6.07) is 3.90. The lowest BCUT2D eigenvalue weighted by molar-refractivity contribution is -0.136. The Morgan fingerprint density at radius 1 is 1.13 bits per heavy atom. The third-order valence-corrected chi connectivity index (χ3v) is 5.32. The van der Waals surface area contributed by atoms with E-state index < -0.39 is 0 Å². The Bertz CT molecular complexity index is 635. The zero-order valence-corrected chi connectivity index (χ0v) is 13.1. The third-order valence-electron chi connectivity index (χ3n) is 5.32. The molecule has 4 rings (SSSR count). The van der Waals surface area contributed by atoms with Gasteiger partial charge in [0.05, 0.1) is 5.92 Å². The van der Waals surface area contributed by atoms with Gasteiger partial charge in [-0.2, -0.15) is 0 Å². The van der Waals surface area contributed by atoms with Gasteiger partial charge in [-0.05, 0) is 30.5 Å². The first-order valence-corrected chi connectivity index (χ1v) is 8.34. The fourth-order valence-corrected chi connectivity index (χ4v) is 4.05. The molecule has 2 aliphatic heterocycles. The van der Waals surface area contributed by atoms with Gasteiger partial charge in [0.15, 0.2) is 0 Å². The molecule has 0 aromatic carbocycles. The van der Waals surface area contributed by atoms with Gasteiger partial charge in [-0.3, -0.25) is 14.6 Å². The van der Waals surface area contributed by atoms with Gasteiger partial charge in [0.25, 0.3) is 0 Å². The van der Waals surface area contributed by atoms with Gasteiger partial charge < -0.3 is 9.80 Å². The first kappa shape index (κ1) is 14.4. The standard InChI is InChI=1S/C18H21N3O2/c22-17(14-3-1-2-4-14)21-11-15-10-20(18(23)16(15)12-21)9-13-5-7-19-8-6-13/h1-2,5-8,14-16H,3-4,9-12H2/t15-,16+/m0/s1. The fraction of sp³-hybridized carbons (Fsp3) is 0.500. The second-order valence-corrected chi connectivity index (χ2v) is 6.82. The minimum absolute atomic E-state index is 0.00449. The zero-order valence-electron chi connectivity index (χ0n) is 13.1. The highest BCUT2D eigenvalue weighted by molar-refractivity contribution is 5.85. The number of nitrogens with zero attached hydrogens (tertiary/aromatic N) is 3. The minimum atomic E-state index is -0.00449. The number of pyridine rings is 1. The van der Waals surface area contributed by atoms with Crippen LogP contribution in [0.3, 0.4) is 0 Å². The van der Waals surface area contributed by atoms with Gasteiger partial charge in [0, 0.05) is 50.4 Å². The van der Waals surface area contributed by atoms with Crippen molar-refractivity contribution in [2.45, 2.75) is 19.4 Å². The van der Waals surface area contributed by atoms with Gasteiger partial charge in [0.1, 0.15) is 0 Å². The largest absolute Gasteiger partial charge is 0.341 e. The van der Waals surface area contributed by atoms with Crippen molar-refractivity contribution in [2.75, 3.05) is 19.6 Å². The fourth-order valence-electron chi connectivity index (χ4n) is 4.05. The van der Waals surface area contributed by atoms with Crippen LogP contribution in [0.15, 0.2) is 36.7 Å². The number of fused-ring (bicyclic) bond motifs is 1. The van der Waals surface area contributed by atoms with Crippen molar-refractivity contribution in [3.8, 4) is 0 Å². The predicted molar refractivity (Wildman–Crippen MR) is 85.1 cm³/mol. The molecule has 0 spiro atoms. The summed E-state index contributed by atoms with van der Waals surface area (Å²) in [7, 11) is 0. The Morgan fingerprint density at radius 3 is 2.57 bits per heavy atom. The second-order valence-electron chi connectivity index (χ2n) is 6.82. The van der Waals surface area contributed by atoms with Crippen LogP contribution in [0.25, 0.3) is 0 Å². The van der Waals surface area contributed by atoms with E-state index in [1.807, 2.05) is 21.9 Å². The normalized spacial score (nSPS) is 27.0. The van der Waals surface area contributed by atoms with Crippen LogP contribution in [0.2, 0.25) is 0 Å². The van der Waals surface area contributed by atoms with Crippen LogP contribution in [0.1, 0.15) is 18.4 Å². The smallest absolute Gasteiger partial charge is 0.228 e. The van der Waals surface area contributed by atoms with Crippen LogP contribution in [0.5, 0.6) is 0 Å². The van der Waals surface area contributed by atoms with Crippen LogP contribution in [0, 0.1) is 17.8 Å². The highest BCUT2D eigenvalue weighted by Crippen LogP contribution is 2.34. The molecule has 3 heterocycles. The third kappa shape index (κ3) is 2.64. The lowest BCUT2D eigenvalue weighted by atomic mass is 10.0. The number of aromatic nitrogens is 1. The lowest BCUT2D eigenvalue weighted by Gasteiger charge is -2.24. The van der Waals surface area contributed by atoms with E-state index in [0.29, 0.717) is 19.0 Å². The predicted octanol–water partition coefficient (Wildman–Crippen LogP) is 1.46. The van der Waals surface area contributed by atoms with E-state index in [2.05, 4.69) is 17.1 Å². The molecule has 0 saturated carbocycles. The number of amides is 2. The minimum Gasteiger partial charge on any atom is -0.341 e. The van der Waals surface area contributed by atoms with Gasteiger partial charge in [-0.1, -0.05) is 12.2 Å². The van der Waals surface area contributed by atoms with Crippen molar-refractivity contribution < 1.29 is 9.59 Å². The summed E-state index contributed by atoms with van der Waals surface area (Å²) < 4.78 is 0. The Morgan fingerprint density at radius 2 is 1.87 bits per heavy atom. The maximum Gasteiger partial charge on any atom is 0.228 e. The van der Waals surface area contributed by atoms with Gasteiger partial charge >= 0.3 is 0 Å². The van der Waals surface area contributed by atoms with E-state index in [-0.39, 0.29) is 23.7 Å². The quantitative estimate of drug-likeness (QED) is 0.794. The summed E-state index contributed by atoms with van der Waals surface area (Å²) in [5.74, 6) is 0.833. The molecule has 1 aromatic heterocycles. The molecule has 1 aliphatic carbocycles. The molecule has 2 amide bonds. The molecule has 2 atom stereocenters. The van der Waals surface area contributed by atoms with E-state index in [1.54, 1.807) is 12.4 Å². The van der Waals surface area contributed by atoms with Crippen molar-refractivity contribution in [1.82, 2.24) is 14.8 Å². The number of carbonyl (C=O) groups excluding carboxylic acids is 2. The molecule has 1 aromatic rings. The number of hydrogen-bond donors (Lipinski definition) is 0. The number of hydrogen-bond acceptors (Lipinski definition) is 3. The number of allylic oxidation sites excluding steroid dienone is 2. The number of carbonyl (C=O) groups is 2. The summed E-state index contributed by atoms with van der Waals surface area (Å²) in [5.41, 5.74) is 1.11. The SMILES string of the molecule is O=C(C1CC=CC1)N1C[C@@H]2CN(Cc3ccncc3)C(=O)[C@@H]2C1. The molecular formula is C18H21N3O2. The average Bonchev–Trinajstić information content (AvgIpc) is 3.28. The van der Waals surface area contributed by atoms with Crippen LogP contribution >= 0.6 is 0 Å². The summed E-state index contributed by atoms with van der Waals surface area (Å²) in [6.07, 6.45) is 9.39. The van der Waals surface area contributed by atoms with E-state index in [4.69, 9.17) is 0 Å². The first-order chi connectivity index (χ1) is 11.2. The molecule has 5 nitrogen and oxygen atoms in total.